The number of thioether (sulfide) groups is 1. The Balaban J connectivity index is 1.50. The van der Waals surface area contributed by atoms with Gasteiger partial charge >= 0.3 is 0 Å². The van der Waals surface area contributed by atoms with Crippen molar-refractivity contribution in [1.29, 1.82) is 0 Å². The molecule has 1 saturated carbocycles. The lowest BCUT2D eigenvalue weighted by atomic mass is 9.95. The molecule has 1 amide bonds. The molecule has 152 valence electrons. The number of carbonyl (C=O) groups is 1. The second-order valence-electron chi connectivity index (χ2n) is 7.29. The van der Waals surface area contributed by atoms with Gasteiger partial charge in [-0.05, 0) is 43.0 Å². The average Bonchev–Trinajstić information content (AvgIpc) is 3.43. The number of nitrogens with zero attached hydrogens (tertiary/aromatic N) is 3. The summed E-state index contributed by atoms with van der Waals surface area (Å²) in [4.78, 5) is 12.6. The van der Waals surface area contributed by atoms with Gasteiger partial charge in [0.2, 0.25) is 11.7 Å². The monoisotopic (exact) mass is 410 g/mol. The number of para-hydroxylation sites is 1. The number of benzene rings is 1. The van der Waals surface area contributed by atoms with E-state index in [2.05, 4.69) is 27.0 Å². The quantitative estimate of drug-likeness (QED) is 0.533. The second kappa shape index (κ2) is 9.31. The largest absolute Gasteiger partial charge is 0.461 e. The highest BCUT2D eigenvalue weighted by molar-refractivity contribution is 7.99. The molecule has 0 spiro atoms. The molecule has 1 aromatic carbocycles. The number of anilines is 1. The molecule has 0 aliphatic heterocycles. The molecule has 0 atom stereocenters. The van der Waals surface area contributed by atoms with Crippen LogP contribution in [0, 0.1) is 0 Å². The first kappa shape index (κ1) is 19.8. The molecule has 1 fully saturated rings. The zero-order valence-electron chi connectivity index (χ0n) is 16.6. The predicted octanol–water partition coefficient (Wildman–Crippen LogP) is 5.34. The highest BCUT2D eigenvalue weighted by atomic mass is 32.2. The lowest BCUT2D eigenvalue weighted by Gasteiger charge is -2.25. The van der Waals surface area contributed by atoms with E-state index in [9.17, 15) is 4.79 Å². The van der Waals surface area contributed by atoms with Crippen molar-refractivity contribution < 1.29 is 9.21 Å². The van der Waals surface area contributed by atoms with E-state index in [1.165, 1.54) is 31.0 Å². The van der Waals surface area contributed by atoms with E-state index in [1.54, 1.807) is 6.26 Å². The number of carbonyl (C=O) groups excluding carboxylic acids is 1. The summed E-state index contributed by atoms with van der Waals surface area (Å²) in [7, 11) is 0. The number of aromatic nitrogens is 3. The molecule has 2 aromatic heterocycles. The SMILES string of the molecule is CCc1ccccc1NC(=O)CSc1nnc(-c2ccco2)n1C1CCCCC1. The maximum absolute atomic E-state index is 12.6. The van der Waals surface area contributed by atoms with Crippen LogP contribution in [-0.2, 0) is 11.2 Å². The van der Waals surface area contributed by atoms with E-state index in [1.807, 2.05) is 36.4 Å². The summed E-state index contributed by atoms with van der Waals surface area (Å²) in [6.07, 6.45) is 8.44. The maximum Gasteiger partial charge on any atom is 0.234 e. The molecule has 1 aliphatic carbocycles. The van der Waals surface area contributed by atoms with Crippen LogP contribution >= 0.6 is 11.8 Å². The Hall–Kier alpha value is -2.54. The van der Waals surface area contributed by atoms with Crippen molar-refractivity contribution in [2.75, 3.05) is 11.1 Å². The normalized spacial score (nSPS) is 14.8. The molecule has 0 saturated heterocycles. The van der Waals surface area contributed by atoms with Crippen molar-refractivity contribution in [2.24, 2.45) is 0 Å². The number of hydrogen-bond acceptors (Lipinski definition) is 5. The molecular formula is C22H26N4O2S. The third-order valence-electron chi connectivity index (χ3n) is 5.35. The fourth-order valence-electron chi connectivity index (χ4n) is 3.88. The highest BCUT2D eigenvalue weighted by Gasteiger charge is 2.25. The van der Waals surface area contributed by atoms with Gasteiger partial charge in [0.05, 0.1) is 12.0 Å². The Morgan fingerprint density at radius 2 is 2.00 bits per heavy atom. The molecular weight excluding hydrogens is 384 g/mol. The number of aryl methyl sites for hydroxylation is 1. The van der Waals surface area contributed by atoms with Crippen LogP contribution in [0.2, 0.25) is 0 Å². The smallest absolute Gasteiger partial charge is 0.234 e. The molecule has 0 radical (unpaired) electrons. The van der Waals surface area contributed by atoms with Gasteiger partial charge in [0.15, 0.2) is 10.9 Å². The number of rotatable bonds is 7. The maximum atomic E-state index is 12.6. The average molecular weight is 411 g/mol. The molecule has 4 rings (SSSR count). The highest BCUT2D eigenvalue weighted by Crippen LogP contribution is 2.35. The lowest BCUT2D eigenvalue weighted by Crippen LogP contribution is -2.18. The Morgan fingerprint density at radius 3 is 2.76 bits per heavy atom. The van der Waals surface area contributed by atoms with Crippen LogP contribution in [0.25, 0.3) is 11.6 Å². The zero-order valence-corrected chi connectivity index (χ0v) is 17.5. The minimum atomic E-state index is -0.0337. The summed E-state index contributed by atoms with van der Waals surface area (Å²) in [5.41, 5.74) is 2.02. The van der Waals surface area contributed by atoms with Gasteiger partial charge in [-0.1, -0.05) is 56.1 Å². The van der Waals surface area contributed by atoms with Gasteiger partial charge in [0.1, 0.15) is 0 Å². The van der Waals surface area contributed by atoms with Gasteiger partial charge in [-0.25, -0.2) is 0 Å². The van der Waals surface area contributed by atoms with E-state index in [0.29, 0.717) is 11.8 Å². The van der Waals surface area contributed by atoms with Crippen LogP contribution in [-0.4, -0.2) is 26.4 Å². The number of amides is 1. The lowest BCUT2D eigenvalue weighted by molar-refractivity contribution is -0.113. The molecule has 3 aromatic rings. The van der Waals surface area contributed by atoms with Crippen LogP contribution in [0.1, 0.15) is 50.6 Å². The fourth-order valence-corrected chi connectivity index (χ4v) is 4.69. The summed E-state index contributed by atoms with van der Waals surface area (Å²) < 4.78 is 7.76. The van der Waals surface area contributed by atoms with Crippen LogP contribution < -0.4 is 5.32 Å². The second-order valence-corrected chi connectivity index (χ2v) is 8.24. The summed E-state index contributed by atoms with van der Waals surface area (Å²) in [6, 6.07) is 12.0. The van der Waals surface area contributed by atoms with Crippen LogP contribution in [0.4, 0.5) is 5.69 Å². The number of furan rings is 1. The van der Waals surface area contributed by atoms with Gasteiger partial charge in [0, 0.05) is 11.7 Å². The fraction of sp³-hybridized carbons (Fsp3) is 0.409. The van der Waals surface area contributed by atoms with Crippen molar-refractivity contribution in [3.8, 4) is 11.6 Å². The molecule has 2 heterocycles. The first-order chi connectivity index (χ1) is 14.3. The first-order valence-electron chi connectivity index (χ1n) is 10.3. The van der Waals surface area contributed by atoms with E-state index >= 15 is 0 Å². The molecule has 0 unspecified atom stereocenters. The van der Waals surface area contributed by atoms with Gasteiger partial charge in [-0.15, -0.1) is 10.2 Å². The molecule has 7 heteroatoms. The van der Waals surface area contributed by atoms with Gasteiger partial charge in [-0.3, -0.25) is 9.36 Å². The summed E-state index contributed by atoms with van der Waals surface area (Å²) in [5.74, 6) is 1.73. The van der Waals surface area contributed by atoms with Crippen molar-refractivity contribution in [2.45, 2.75) is 56.6 Å². The van der Waals surface area contributed by atoms with Crippen molar-refractivity contribution in [3.05, 3.63) is 48.2 Å². The van der Waals surface area contributed by atoms with Gasteiger partial charge in [0.25, 0.3) is 0 Å². The van der Waals surface area contributed by atoms with Crippen molar-refractivity contribution >= 4 is 23.4 Å². The number of nitrogens with one attached hydrogen (secondary N) is 1. The minimum absolute atomic E-state index is 0.0337. The Morgan fingerprint density at radius 1 is 1.17 bits per heavy atom. The zero-order chi connectivity index (χ0) is 20.1. The van der Waals surface area contributed by atoms with E-state index < -0.39 is 0 Å². The minimum Gasteiger partial charge on any atom is -0.461 e. The molecule has 29 heavy (non-hydrogen) atoms. The summed E-state index contributed by atoms with van der Waals surface area (Å²) in [5, 5.41) is 12.6. The Labute approximate surface area is 175 Å². The third kappa shape index (κ3) is 4.56. The van der Waals surface area contributed by atoms with Gasteiger partial charge < -0.3 is 9.73 Å². The van der Waals surface area contributed by atoms with Crippen LogP contribution in [0.15, 0.2) is 52.2 Å². The van der Waals surface area contributed by atoms with E-state index in [4.69, 9.17) is 4.42 Å². The standard InChI is InChI=1S/C22H26N4O2S/c1-2-16-9-6-7-12-18(16)23-20(27)15-29-22-25-24-21(19-13-8-14-28-19)26(22)17-10-4-3-5-11-17/h6-9,12-14,17H,2-5,10-11,15H2,1H3,(H,23,27). The molecule has 1 aliphatic rings. The first-order valence-corrected chi connectivity index (χ1v) is 11.2. The predicted molar refractivity (Wildman–Crippen MR) is 115 cm³/mol. The van der Waals surface area contributed by atoms with Crippen LogP contribution in [0.3, 0.4) is 0 Å². The third-order valence-corrected chi connectivity index (χ3v) is 6.29. The van der Waals surface area contributed by atoms with Crippen molar-refractivity contribution in [3.63, 3.8) is 0 Å². The Bertz CT molecular complexity index is 946. The topological polar surface area (TPSA) is 73.0 Å². The number of hydrogen-bond donors (Lipinski definition) is 1. The molecule has 0 bridgehead atoms. The van der Waals surface area contributed by atoms with Crippen molar-refractivity contribution in [1.82, 2.24) is 14.8 Å². The van der Waals surface area contributed by atoms with Gasteiger partial charge in [-0.2, -0.15) is 0 Å². The molecule has 6 nitrogen and oxygen atoms in total. The summed E-state index contributed by atoms with van der Waals surface area (Å²) in [6.45, 7) is 2.09. The van der Waals surface area contributed by atoms with E-state index in [0.717, 1.165) is 47.3 Å². The molecule has 1 N–H and O–H groups in total. The summed E-state index contributed by atoms with van der Waals surface area (Å²) >= 11 is 1.44. The van der Waals surface area contributed by atoms with Crippen LogP contribution in [0.5, 0.6) is 0 Å². The Kier molecular flexibility index (Phi) is 6.34. The van der Waals surface area contributed by atoms with E-state index in [-0.39, 0.29) is 5.91 Å².